The topological polar surface area (TPSA) is 32.8 Å². The molecule has 4 heteroatoms. The Kier molecular flexibility index (Phi) is 5.51. The van der Waals surface area contributed by atoms with Crippen molar-refractivity contribution in [2.45, 2.75) is 81.9 Å². The first-order valence-electron chi connectivity index (χ1n) is 10.7. The Bertz CT molecular complexity index is 571. The van der Waals surface area contributed by atoms with Gasteiger partial charge in [0.15, 0.2) is 0 Å². The molecule has 3 fully saturated rings. The number of likely N-dealkylation sites (tertiary alicyclic amines) is 1. The van der Waals surface area contributed by atoms with E-state index in [0.29, 0.717) is 18.5 Å². The summed E-state index contributed by atoms with van der Waals surface area (Å²) in [6.45, 7) is 3.30. The zero-order valence-corrected chi connectivity index (χ0v) is 16.3. The first kappa shape index (κ1) is 18.2. The Hall–Kier alpha value is -1.13. The van der Waals surface area contributed by atoms with Gasteiger partial charge >= 0.3 is 0 Å². The second kappa shape index (κ2) is 7.85. The van der Waals surface area contributed by atoms with Gasteiger partial charge in [0.05, 0.1) is 12.0 Å². The van der Waals surface area contributed by atoms with Crippen LogP contribution in [0.25, 0.3) is 0 Å². The van der Waals surface area contributed by atoms with Gasteiger partial charge in [-0.15, -0.1) is 0 Å². The third-order valence-corrected chi connectivity index (χ3v) is 7.03. The Morgan fingerprint density at radius 2 is 2.12 bits per heavy atom. The summed E-state index contributed by atoms with van der Waals surface area (Å²) in [7, 11) is 2.04. The summed E-state index contributed by atoms with van der Waals surface area (Å²) in [5.41, 5.74) is 1.29. The first-order valence-corrected chi connectivity index (χ1v) is 10.7. The molecule has 4 aliphatic rings. The standard InChI is InChI=1S/C22H34N2O2/c1-23(21(25)16-18-8-3-2-4-9-18)19-10-12-22(11-7-15-26-22)17-20(19)24-13-5-6-14-24/h3,8-9,19-20H,2,4-7,10-17H2,1H3/t19-,20-,22-/m1/s1. The van der Waals surface area contributed by atoms with E-state index in [9.17, 15) is 4.79 Å². The van der Waals surface area contributed by atoms with Crippen molar-refractivity contribution in [2.24, 2.45) is 0 Å². The van der Waals surface area contributed by atoms with Gasteiger partial charge in [-0.1, -0.05) is 18.2 Å². The summed E-state index contributed by atoms with van der Waals surface area (Å²) in [6, 6.07) is 0.803. The van der Waals surface area contributed by atoms with Gasteiger partial charge in [0.25, 0.3) is 0 Å². The molecule has 4 nitrogen and oxygen atoms in total. The number of allylic oxidation sites excluding steroid dienone is 3. The lowest BCUT2D eigenvalue weighted by Crippen LogP contribution is -2.58. The molecule has 2 aliphatic heterocycles. The Morgan fingerprint density at radius 1 is 1.27 bits per heavy atom. The van der Waals surface area contributed by atoms with E-state index >= 15 is 0 Å². The summed E-state index contributed by atoms with van der Waals surface area (Å²) in [5, 5.41) is 0. The third-order valence-electron chi connectivity index (χ3n) is 7.03. The SMILES string of the molecule is CN(C(=O)CC1=CCCC=C1)[C@@H]1CC[C@]2(CCCO2)C[C@H]1N1CCCC1. The van der Waals surface area contributed by atoms with Crippen LogP contribution in [-0.2, 0) is 9.53 Å². The van der Waals surface area contributed by atoms with Gasteiger partial charge in [-0.2, -0.15) is 0 Å². The largest absolute Gasteiger partial charge is 0.375 e. The molecule has 26 heavy (non-hydrogen) atoms. The van der Waals surface area contributed by atoms with E-state index in [1.807, 2.05) is 7.05 Å². The van der Waals surface area contributed by atoms with Crippen molar-refractivity contribution in [1.29, 1.82) is 0 Å². The van der Waals surface area contributed by atoms with E-state index in [-0.39, 0.29) is 11.5 Å². The summed E-state index contributed by atoms with van der Waals surface area (Å²) in [4.78, 5) is 17.7. The van der Waals surface area contributed by atoms with Gasteiger partial charge in [0, 0.05) is 25.7 Å². The summed E-state index contributed by atoms with van der Waals surface area (Å²) in [6.07, 6.45) is 17.6. The molecule has 144 valence electrons. The second-order valence-corrected chi connectivity index (χ2v) is 8.70. The van der Waals surface area contributed by atoms with Gasteiger partial charge in [0.2, 0.25) is 5.91 Å². The van der Waals surface area contributed by atoms with E-state index < -0.39 is 0 Å². The zero-order valence-electron chi connectivity index (χ0n) is 16.3. The molecule has 0 N–H and O–H groups in total. The molecular formula is C22H34N2O2. The third kappa shape index (κ3) is 3.77. The monoisotopic (exact) mass is 358 g/mol. The van der Waals surface area contributed by atoms with Crippen molar-refractivity contribution in [3.63, 3.8) is 0 Å². The van der Waals surface area contributed by atoms with E-state index in [1.54, 1.807) is 0 Å². The molecule has 0 unspecified atom stereocenters. The summed E-state index contributed by atoms with van der Waals surface area (Å²) < 4.78 is 6.23. The molecular weight excluding hydrogens is 324 g/mol. The molecule has 4 rings (SSSR count). The average Bonchev–Trinajstić information content (AvgIpc) is 3.34. The van der Waals surface area contributed by atoms with Crippen LogP contribution in [0.5, 0.6) is 0 Å². The number of hydrogen-bond acceptors (Lipinski definition) is 3. The highest BCUT2D eigenvalue weighted by Crippen LogP contribution is 2.43. The molecule has 0 aromatic rings. The Balaban J connectivity index is 1.46. The molecule has 3 atom stereocenters. The molecule has 1 amide bonds. The van der Waals surface area contributed by atoms with Crippen molar-refractivity contribution in [3.05, 3.63) is 23.8 Å². The van der Waals surface area contributed by atoms with Crippen molar-refractivity contribution >= 4 is 5.91 Å². The van der Waals surface area contributed by atoms with Crippen LogP contribution in [0.2, 0.25) is 0 Å². The second-order valence-electron chi connectivity index (χ2n) is 8.70. The summed E-state index contributed by atoms with van der Waals surface area (Å²) >= 11 is 0. The van der Waals surface area contributed by atoms with Gasteiger partial charge < -0.3 is 9.64 Å². The molecule has 2 saturated heterocycles. The zero-order chi connectivity index (χ0) is 18.0. The normalized spacial score (nSPS) is 35.0. The van der Waals surface area contributed by atoms with Gasteiger partial charge in [0.1, 0.15) is 0 Å². The number of ether oxygens (including phenoxy) is 1. The van der Waals surface area contributed by atoms with E-state index in [1.165, 1.54) is 44.3 Å². The van der Waals surface area contributed by atoms with Crippen LogP contribution in [0.1, 0.15) is 64.2 Å². The maximum Gasteiger partial charge on any atom is 0.227 e. The smallest absolute Gasteiger partial charge is 0.227 e. The van der Waals surface area contributed by atoms with E-state index in [4.69, 9.17) is 4.74 Å². The van der Waals surface area contributed by atoms with Crippen LogP contribution < -0.4 is 0 Å². The minimum absolute atomic E-state index is 0.0995. The van der Waals surface area contributed by atoms with Crippen molar-refractivity contribution < 1.29 is 9.53 Å². The Morgan fingerprint density at radius 3 is 2.81 bits per heavy atom. The molecule has 2 heterocycles. The predicted molar refractivity (Wildman–Crippen MR) is 104 cm³/mol. The Labute approximate surface area is 158 Å². The van der Waals surface area contributed by atoms with E-state index in [0.717, 1.165) is 38.7 Å². The number of amides is 1. The van der Waals surface area contributed by atoms with Gasteiger partial charge in [-0.05, 0) is 76.5 Å². The quantitative estimate of drug-likeness (QED) is 0.768. The lowest BCUT2D eigenvalue weighted by molar-refractivity contribution is -0.136. The molecule has 1 saturated carbocycles. The number of carbonyl (C=O) groups is 1. The van der Waals surface area contributed by atoms with Crippen LogP contribution in [-0.4, -0.2) is 60.1 Å². The number of rotatable bonds is 4. The highest BCUT2D eigenvalue weighted by atomic mass is 16.5. The molecule has 0 radical (unpaired) electrons. The predicted octanol–water partition coefficient (Wildman–Crippen LogP) is 3.68. The fourth-order valence-electron chi connectivity index (χ4n) is 5.52. The number of nitrogens with zero attached hydrogens (tertiary/aromatic N) is 2. The van der Waals surface area contributed by atoms with E-state index in [2.05, 4.69) is 28.0 Å². The minimum Gasteiger partial charge on any atom is -0.375 e. The maximum atomic E-state index is 13.0. The molecule has 2 aliphatic carbocycles. The summed E-state index contributed by atoms with van der Waals surface area (Å²) in [5.74, 6) is 0.278. The van der Waals surface area contributed by atoms with Crippen LogP contribution in [0, 0.1) is 0 Å². The van der Waals surface area contributed by atoms with Crippen molar-refractivity contribution in [1.82, 2.24) is 9.80 Å². The lowest BCUT2D eigenvalue weighted by atomic mass is 9.76. The van der Waals surface area contributed by atoms with Gasteiger partial charge in [-0.3, -0.25) is 9.69 Å². The highest BCUT2D eigenvalue weighted by molar-refractivity contribution is 5.79. The van der Waals surface area contributed by atoms with Crippen molar-refractivity contribution in [2.75, 3.05) is 26.7 Å². The van der Waals surface area contributed by atoms with Gasteiger partial charge in [-0.25, -0.2) is 0 Å². The minimum atomic E-state index is 0.0995. The van der Waals surface area contributed by atoms with Crippen LogP contribution >= 0.6 is 0 Å². The number of carbonyl (C=O) groups excluding carboxylic acids is 1. The molecule has 1 spiro atoms. The fourth-order valence-corrected chi connectivity index (χ4v) is 5.52. The van der Waals surface area contributed by atoms with Crippen molar-refractivity contribution in [3.8, 4) is 0 Å². The first-order chi connectivity index (χ1) is 12.7. The average molecular weight is 359 g/mol. The number of likely N-dealkylation sites (N-methyl/N-ethyl adjacent to an activating group) is 1. The highest BCUT2D eigenvalue weighted by Gasteiger charge is 2.47. The maximum absolute atomic E-state index is 13.0. The lowest BCUT2D eigenvalue weighted by Gasteiger charge is -2.48. The van der Waals surface area contributed by atoms with Crippen LogP contribution in [0.3, 0.4) is 0 Å². The van der Waals surface area contributed by atoms with Crippen LogP contribution in [0.4, 0.5) is 0 Å². The molecule has 0 aromatic heterocycles. The number of hydrogen-bond donors (Lipinski definition) is 0. The molecule has 0 aromatic carbocycles. The molecule has 0 bridgehead atoms. The van der Waals surface area contributed by atoms with Crippen LogP contribution in [0.15, 0.2) is 23.8 Å². The fraction of sp³-hybridized carbons (Fsp3) is 0.773.